The fraction of sp³-hybridized carbons (Fsp3) is 0.462. The van der Waals surface area contributed by atoms with Crippen LogP contribution in [-0.4, -0.2) is 35.1 Å². The number of aliphatic hydroxyl groups excluding tert-OH is 1. The third-order valence-electron chi connectivity index (χ3n) is 3.18. The van der Waals surface area contributed by atoms with E-state index in [1.54, 1.807) is 17.0 Å². The summed E-state index contributed by atoms with van der Waals surface area (Å²) in [5.41, 5.74) is 0.961. The number of aliphatic hydroxyl groups is 1. The third-order valence-corrected chi connectivity index (χ3v) is 3.43. The first kappa shape index (κ1) is 12.4. The average Bonchev–Trinajstić information content (AvgIpc) is 2.80. The summed E-state index contributed by atoms with van der Waals surface area (Å²) in [5.74, 6) is 0.0869. The van der Waals surface area contributed by atoms with E-state index >= 15 is 0 Å². The topological polar surface area (TPSA) is 40.5 Å². The van der Waals surface area contributed by atoms with Gasteiger partial charge in [-0.2, -0.15) is 0 Å². The first-order valence-electron chi connectivity index (χ1n) is 5.85. The number of carbonyl (C=O) groups excluding carboxylic acids is 1. The first-order valence-corrected chi connectivity index (χ1v) is 6.23. The van der Waals surface area contributed by atoms with E-state index in [9.17, 15) is 9.90 Å². The van der Waals surface area contributed by atoms with Crippen LogP contribution in [0, 0.1) is 0 Å². The molecule has 2 rings (SSSR count). The predicted octanol–water partition coefficient (Wildman–Crippen LogP) is 1.87. The summed E-state index contributed by atoms with van der Waals surface area (Å²) in [4.78, 5) is 13.8. The molecule has 92 valence electrons. The molecule has 4 heteroatoms. The highest BCUT2D eigenvalue weighted by Crippen LogP contribution is 2.18. The van der Waals surface area contributed by atoms with Crippen molar-refractivity contribution in [1.82, 2.24) is 4.90 Å². The molecular weight excluding hydrogens is 238 g/mol. The fourth-order valence-corrected chi connectivity index (χ4v) is 2.36. The largest absolute Gasteiger partial charge is 0.394 e. The van der Waals surface area contributed by atoms with Gasteiger partial charge in [0.2, 0.25) is 5.91 Å². The fourth-order valence-electron chi connectivity index (χ4n) is 2.23. The molecule has 1 saturated heterocycles. The molecule has 1 N–H and O–H groups in total. The van der Waals surface area contributed by atoms with Crippen molar-refractivity contribution in [3.8, 4) is 0 Å². The number of hydrogen-bond acceptors (Lipinski definition) is 2. The lowest BCUT2D eigenvalue weighted by Gasteiger charge is -2.23. The van der Waals surface area contributed by atoms with Crippen LogP contribution in [0.25, 0.3) is 0 Å². The van der Waals surface area contributed by atoms with Gasteiger partial charge in [0.1, 0.15) is 0 Å². The zero-order valence-corrected chi connectivity index (χ0v) is 10.4. The minimum atomic E-state index is 0.00907. The first-order chi connectivity index (χ1) is 8.20. The van der Waals surface area contributed by atoms with Crippen LogP contribution in [0.3, 0.4) is 0 Å². The van der Waals surface area contributed by atoms with Gasteiger partial charge in [0.05, 0.1) is 19.1 Å². The molecule has 17 heavy (non-hydrogen) atoms. The maximum absolute atomic E-state index is 12.1. The second-order valence-electron chi connectivity index (χ2n) is 4.37. The smallest absolute Gasteiger partial charge is 0.227 e. The van der Waals surface area contributed by atoms with Crippen LogP contribution in [0.4, 0.5) is 0 Å². The van der Waals surface area contributed by atoms with Gasteiger partial charge in [-0.25, -0.2) is 0 Å². The van der Waals surface area contributed by atoms with Gasteiger partial charge in [0.15, 0.2) is 0 Å². The van der Waals surface area contributed by atoms with Crippen LogP contribution in [0.15, 0.2) is 24.3 Å². The van der Waals surface area contributed by atoms with Crippen molar-refractivity contribution in [2.24, 2.45) is 0 Å². The van der Waals surface area contributed by atoms with Gasteiger partial charge in [-0.15, -0.1) is 0 Å². The summed E-state index contributed by atoms with van der Waals surface area (Å²) >= 11 is 5.79. The van der Waals surface area contributed by atoms with Gasteiger partial charge in [0.25, 0.3) is 0 Å². The van der Waals surface area contributed by atoms with E-state index in [0.29, 0.717) is 11.4 Å². The predicted molar refractivity (Wildman–Crippen MR) is 67.0 cm³/mol. The molecule has 0 radical (unpaired) electrons. The van der Waals surface area contributed by atoms with Crippen LogP contribution < -0.4 is 0 Å². The van der Waals surface area contributed by atoms with Gasteiger partial charge in [-0.1, -0.05) is 23.7 Å². The molecule has 0 bridgehead atoms. The minimum absolute atomic E-state index is 0.00907. The van der Waals surface area contributed by atoms with Gasteiger partial charge in [0, 0.05) is 11.6 Å². The Balaban J connectivity index is 1.99. The summed E-state index contributed by atoms with van der Waals surface area (Å²) in [6.45, 7) is 0.823. The number of amides is 1. The van der Waals surface area contributed by atoms with Gasteiger partial charge >= 0.3 is 0 Å². The van der Waals surface area contributed by atoms with Crippen molar-refractivity contribution >= 4 is 17.5 Å². The highest BCUT2D eigenvalue weighted by Gasteiger charge is 2.27. The molecular formula is C13H16ClNO2. The summed E-state index contributed by atoms with van der Waals surface area (Å²) in [7, 11) is 0. The zero-order chi connectivity index (χ0) is 12.3. The second kappa shape index (κ2) is 5.52. The lowest BCUT2D eigenvalue weighted by Crippen LogP contribution is -2.38. The Hall–Kier alpha value is -1.06. The Morgan fingerprint density at radius 3 is 2.76 bits per heavy atom. The molecule has 1 aromatic rings. The summed E-state index contributed by atoms with van der Waals surface area (Å²) in [6, 6.07) is 7.32. The molecule has 1 amide bonds. The maximum atomic E-state index is 12.1. The van der Waals surface area contributed by atoms with Crippen molar-refractivity contribution in [2.45, 2.75) is 25.3 Å². The van der Waals surface area contributed by atoms with E-state index in [4.69, 9.17) is 11.6 Å². The van der Waals surface area contributed by atoms with E-state index < -0.39 is 0 Å². The minimum Gasteiger partial charge on any atom is -0.394 e. The lowest BCUT2D eigenvalue weighted by atomic mass is 10.1. The Morgan fingerprint density at radius 2 is 2.12 bits per heavy atom. The van der Waals surface area contributed by atoms with Crippen LogP contribution in [0.1, 0.15) is 18.4 Å². The number of carbonyl (C=O) groups is 1. The molecule has 1 aromatic carbocycles. The number of benzene rings is 1. The van der Waals surface area contributed by atoms with Crippen molar-refractivity contribution in [3.63, 3.8) is 0 Å². The van der Waals surface area contributed by atoms with E-state index in [-0.39, 0.29) is 18.6 Å². The van der Waals surface area contributed by atoms with Crippen molar-refractivity contribution in [1.29, 1.82) is 0 Å². The van der Waals surface area contributed by atoms with Gasteiger partial charge < -0.3 is 10.0 Å². The van der Waals surface area contributed by atoms with E-state index in [1.807, 2.05) is 12.1 Å². The molecule has 0 aliphatic carbocycles. The van der Waals surface area contributed by atoms with Crippen LogP contribution in [0.5, 0.6) is 0 Å². The third kappa shape index (κ3) is 2.99. The Kier molecular flexibility index (Phi) is 4.02. The Morgan fingerprint density at radius 1 is 1.41 bits per heavy atom. The van der Waals surface area contributed by atoms with Crippen LogP contribution >= 0.6 is 11.6 Å². The SMILES string of the molecule is O=C(Cc1ccc(Cl)cc1)N1CCC[C@@H]1CO. The maximum Gasteiger partial charge on any atom is 0.227 e. The Labute approximate surface area is 106 Å². The van der Waals surface area contributed by atoms with Crippen molar-refractivity contribution in [3.05, 3.63) is 34.9 Å². The molecule has 1 atom stereocenters. The highest BCUT2D eigenvalue weighted by molar-refractivity contribution is 6.30. The molecule has 0 aromatic heterocycles. The molecule has 3 nitrogen and oxygen atoms in total. The van der Waals surface area contributed by atoms with Crippen LogP contribution in [0.2, 0.25) is 5.02 Å². The van der Waals surface area contributed by atoms with Crippen molar-refractivity contribution in [2.75, 3.05) is 13.2 Å². The van der Waals surface area contributed by atoms with Crippen molar-refractivity contribution < 1.29 is 9.90 Å². The zero-order valence-electron chi connectivity index (χ0n) is 9.60. The van der Waals surface area contributed by atoms with E-state index in [2.05, 4.69) is 0 Å². The molecule has 1 aliphatic rings. The number of hydrogen-bond donors (Lipinski definition) is 1. The highest BCUT2D eigenvalue weighted by atomic mass is 35.5. The molecule has 0 unspecified atom stereocenters. The molecule has 1 heterocycles. The summed E-state index contributed by atoms with van der Waals surface area (Å²) < 4.78 is 0. The number of halogens is 1. The van der Waals surface area contributed by atoms with Crippen LogP contribution in [-0.2, 0) is 11.2 Å². The summed E-state index contributed by atoms with van der Waals surface area (Å²) in [6.07, 6.45) is 2.27. The van der Waals surface area contributed by atoms with E-state index in [1.165, 1.54) is 0 Å². The molecule has 1 fully saturated rings. The van der Waals surface area contributed by atoms with E-state index in [0.717, 1.165) is 24.9 Å². The van der Waals surface area contributed by atoms with Gasteiger partial charge in [-0.05, 0) is 30.5 Å². The second-order valence-corrected chi connectivity index (χ2v) is 4.81. The summed E-state index contributed by atoms with van der Waals surface area (Å²) in [5, 5.41) is 9.85. The molecule has 1 aliphatic heterocycles. The monoisotopic (exact) mass is 253 g/mol. The number of rotatable bonds is 3. The quantitative estimate of drug-likeness (QED) is 0.893. The van der Waals surface area contributed by atoms with Gasteiger partial charge in [-0.3, -0.25) is 4.79 Å². The Bertz CT molecular complexity index is 391. The number of likely N-dealkylation sites (tertiary alicyclic amines) is 1. The lowest BCUT2D eigenvalue weighted by molar-refractivity contribution is -0.131. The average molecular weight is 254 g/mol. The molecule has 0 saturated carbocycles. The standard InChI is InChI=1S/C13H16ClNO2/c14-11-5-3-10(4-6-11)8-13(17)15-7-1-2-12(15)9-16/h3-6,12,16H,1-2,7-9H2/t12-/m1/s1. The molecule has 0 spiro atoms. The number of nitrogens with zero attached hydrogens (tertiary/aromatic N) is 1. The normalized spacial score (nSPS) is 19.6.